The summed E-state index contributed by atoms with van der Waals surface area (Å²) in [5, 5.41) is 12.9. The van der Waals surface area contributed by atoms with Crippen LogP contribution in [0.25, 0.3) is 0 Å². The zero-order valence-corrected chi connectivity index (χ0v) is 14.9. The van der Waals surface area contributed by atoms with Gasteiger partial charge in [0.1, 0.15) is 0 Å². The van der Waals surface area contributed by atoms with Gasteiger partial charge in [-0.3, -0.25) is 4.79 Å². The van der Waals surface area contributed by atoms with Gasteiger partial charge in [0, 0.05) is 23.9 Å². The van der Waals surface area contributed by atoms with E-state index in [1.54, 1.807) is 0 Å². The molecule has 3 rings (SSSR count). The number of nitrogens with one attached hydrogen (secondary N) is 1. The Balaban J connectivity index is 0.00000208. The van der Waals surface area contributed by atoms with Crippen LogP contribution in [-0.4, -0.2) is 29.7 Å². The summed E-state index contributed by atoms with van der Waals surface area (Å²) in [6, 6.07) is 10.3. The fourth-order valence-electron chi connectivity index (χ4n) is 4.25. The summed E-state index contributed by atoms with van der Waals surface area (Å²) in [6.45, 7) is 0.692. The van der Waals surface area contributed by atoms with Gasteiger partial charge in [-0.25, -0.2) is 0 Å². The Labute approximate surface area is 150 Å². The lowest BCUT2D eigenvalue weighted by Gasteiger charge is -2.38. The molecular weight excluding hydrogens is 324 g/mol. The number of carbonyl (C=O) groups is 1. The highest BCUT2D eigenvalue weighted by Crippen LogP contribution is 2.39. The van der Waals surface area contributed by atoms with E-state index < -0.39 is 6.10 Å². The standard InChI is InChI=1S/C19H28N2O2.ClH/c20-16-11-14(12-17(16)22)18(23)21-13-19(9-5-2-6-10-19)15-7-3-1-4-8-15;/h1,3-4,7-8,14,16-17,22H,2,5-6,9-13,20H2,(H,21,23);1H/t14-,16+,17+;/m0./s1. The van der Waals surface area contributed by atoms with Gasteiger partial charge in [0.2, 0.25) is 5.91 Å². The van der Waals surface area contributed by atoms with Crippen LogP contribution in [0.3, 0.4) is 0 Å². The molecule has 0 spiro atoms. The van der Waals surface area contributed by atoms with E-state index in [0.29, 0.717) is 19.4 Å². The van der Waals surface area contributed by atoms with Crippen molar-refractivity contribution in [1.29, 1.82) is 0 Å². The number of nitrogens with two attached hydrogens (primary N) is 1. The molecule has 134 valence electrons. The Morgan fingerprint density at radius 3 is 2.42 bits per heavy atom. The molecule has 1 amide bonds. The molecule has 2 aliphatic carbocycles. The van der Waals surface area contributed by atoms with Crippen LogP contribution < -0.4 is 11.1 Å². The van der Waals surface area contributed by atoms with Gasteiger partial charge in [0.25, 0.3) is 0 Å². The predicted octanol–water partition coefficient (Wildman–Crippen LogP) is 2.52. The number of halogens is 1. The smallest absolute Gasteiger partial charge is 0.223 e. The Bertz CT molecular complexity index is 521. The second-order valence-corrected chi connectivity index (χ2v) is 7.32. The molecule has 5 heteroatoms. The highest BCUT2D eigenvalue weighted by molar-refractivity contribution is 5.85. The summed E-state index contributed by atoms with van der Waals surface area (Å²) >= 11 is 0. The molecule has 0 saturated heterocycles. The van der Waals surface area contributed by atoms with Crippen molar-refractivity contribution in [1.82, 2.24) is 5.32 Å². The number of benzene rings is 1. The van der Waals surface area contributed by atoms with Gasteiger partial charge in [-0.2, -0.15) is 0 Å². The molecule has 3 atom stereocenters. The molecule has 2 aliphatic rings. The number of aliphatic hydroxyl groups is 1. The number of amides is 1. The Kier molecular flexibility index (Phi) is 6.67. The van der Waals surface area contributed by atoms with Crippen LogP contribution in [0.2, 0.25) is 0 Å². The molecule has 0 heterocycles. The summed E-state index contributed by atoms with van der Waals surface area (Å²) < 4.78 is 0. The van der Waals surface area contributed by atoms with Crippen molar-refractivity contribution in [3.63, 3.8) is 0 Å². The molecule has 0 radical (unpaired) electrons. The predicted molar refractivity (Wildman–Crippen MR) is 98.2 cm³/mol. The third-order valence-electron chi connectivity index (χ3n) is 5.75. The highest BCUT2D eigenvalue weighted by Gasteiger charge is 2.37. The van der Waals surface area contributed by atoms with E-state index in [1.165, 1.54) is 24.8 Å². The number of rotatable bonds is 4. The van der Waals surface area contributed by atoms with Gasteiger partial charge in [-0.15, -0.1) is 12.4 Å². The molecule has 0 bridgehead atoms. The Morgan fingerprint density at radius 1 is 1.17 bits per heavy atom. The van der Waals surface area contributed by atoms with Crippen LogP contribution in [0.1, 0.15) is 50.5 Å². The van der Waals surface area contributed by atoms with Crippen LogP contribution in [-0.2, 0) is 10.2 Å². The maximum atomic E-state index is 12.5. The zero-order chi connectivity index (χ0) is 16.3. The van der Waals surface area contributed by atoms with Crippen LogP contribution in [0.15, 0.2) is 30.3 Å². The lowest BCUT2D eigenvalue weighted by molar-refractivity contribution is -0.125. The maximum absolute atomic E-state index is 12.5. The minimum absolute atomic E-state index is 0. The van der Waals surface area contributed by atoms with Crippen LogP contribution in [0.4, 0.5) is 0 Å². The Morgan fingerprint density at radius 2 is 1.83 bits per heavy atom. The molecule has 1 aromatic carbocycles. The molecule has 4 nitrogen and oxygen atoms in total. The van der Waals surface area contributed by atoms with Crippen molar-refractivity contribution in [2.45, 2.75) is 62.5 Å². The van der Waals surface area contributed by atoms with E-state index in [-0.39, 0.29) is 35.7 Å². The first-order valence-electron chi connectivity index (χ1n) is 8.88. The molecule has 24 heavy (non-hydrogen) atoms. The minimum Gasteiger partial charge on any atom is -0.391 e. The van der Waals surface area contributed by atoms with Gasteiger partial charge in [-0.05, 0) is 31.2 Å². The van der Waals surface area contributed by atoms with Crippen molar-refractivity contribution in [2.75, 3.05) is 6.54 Å². The van der Waals surface area contributed by atoms with Gasteiger partial charge in [0.15, 0.2) is 0 Å². The number of aliphatic hydroxyl groups excluding tert-OH is 1. The van der Waals surface area contributed by atoms with Crippen LogP contribution in [0, 0.1) is 5.92 Å². The normalized spacial score (nSPS) is 28.8. The van der Waals surface area contributed by atoms with E-state index in [9.17, 15) is 9.90 Å². The minimum atomic E-state index is -0.538. The third kappa shape index (κ3) is 4.11. The average Bonchev–Trinajstić information content (AvgIpc) is 2.93. The third-order valence-corrected chi connectivity index (χ3v) is 5.75. The topological polar surface area (TPSA) is 75.4 Å². The van der Waals surface area contributed by atoms with E-state index >= 15 is 0 Å². The van der Waals surface area contributed by atoms with Gasteiger partial charge in [-0.1, -0.05) is 49.6 Å². The van der Waals surface area contributed by atoms with Crippen LogP contribution >= 0.6 is 12.4 Å². The fourth-order valence-corrected chi connectivity index (χ4v) is 4.25. The second kappa shape index (κ2) is 8.32. The molecule has 0 aliphatic heterocycles. The first-order valence-corrected chi connectivity index (χ1v) is 8.88. The fraction of sp³-hybridized carbons (Fsp3) is 0.632. The molecular formula is C19H29ClN2O2. The average molecular weight is 353 g/mol. The van der Waals surface area contributed by atoms with Gasteiger partial charge in [0.05, 0.1) is 6.10 Å². The Hall–Kier alpha value is -1.10. The monoisotopic (exact) mass is 352 g/mol. The molecule has 4 N–H and O–H groups in total. The molecule has 2 fully saturated rings. The quantitative estimate of drug-likeness (QED) is 0.779. The van der Waals surface area contributed by atoms with Crippen LogP contribution in [0.5, 0.6) is 0 Å². The van der Waals surface area contributed by atoms with E-state index in [4.69, 9.17) is 5.73 Å². The zero-order valence-electron chi connectivity index (χ0n) is 14.1. The summed E-state index contributed by atoms with van der Waals surface area (Å²) in [6.07, 6.45) is 6.52. The molecule has 2 saturated carbocycles. The molecule has 0 aromatic heterocycles. The van der Waals surface area contributed by atoms with E-state index in [1.807, 2.05) is 6.07 Å². The summed E-state index contributed by atoms with van der Waals surface area (Å²) in [5.74, 6) is -0.0886. The number of hydrogen-bond donors (Lipinski definition) is 3. The second-order valence-electron chi connectivity index (χ2n) is 7.32. The van der Waals surface area contributed by atoms with E-state index in [0.717, 1.165) is 12.8 Å². The van der Waals surface area contributed by atoms with Gasteiger partial charge < -0.3 is 16.2 Å². The molecule has 1 aromatic rings. The SMILES string of the molecule is Cl.N[C@@H]1C[C@H](C(=O)NCC2(c3ccccc3)CCCCC2)C[C@H]1O. The number of hydrogen-bond acceptors (Lipinski definition) is 3. The van der Waals surface area contributed by atoms with Crippen molar-refractivity contribution in [3.8, 4) is 0 Å². The molecule has 0 unspecified atom stereocenters. The summed E-state index contributed by atoms with van der Waals surface area (Å²) in [7, 11) is 0. The first kappa shape index (κ1) is 19.2. The lowest BCUT2D eigenvalue weighted by Crippen LogP contribution is -2.44. The van der Waals surface area contributed by atoms with Crippen molar-refractivity contribution < 1.29 is 9.90 Å². The number of carbonyl (C=O) groups excluding carboxylic acids is 1. The summed E-state index contributed by atoms with van der Waals surface area (Å²) in [4.78, 5) is 12.5. The van der Waals surface area contributed by atoms with Gasteiger partial charge >= 0.3 is 0 Å². The van der Waals surface area contributed by atoms with Crippen molar-refractivity contribution in [2.24, 2.45) is 11.7 Å². The van der Waals surface area contributed by atoms with Crippen molar-refractivity contribution >= 4 is 18.3 Å². The maximum Gasteiger partial charge on any atom is 0.223 e. The summed E-state index contributed by atoms with van der Waals surface area (Å²) in [5.41, 5.74) is 7.23. The first-order chi connectivity index (χ1) is 11.1. The largest absolute Gasteiger partial charge is 0.391 e. The lowest BCUT2D eigenvalue weighted by atomic mass is 9.69. The van der Waals surface area contributed by atoms with E-state index in [2.05, 4.69) is 29.6 Å². The van der Waals surface area contributed by atoms with Crippen molar-refractivity contribution in [3.05, 3.63) is 35.9 Å². The highest BCUT2D eigenvalue weighted by atomic mass is 35.5.